The minimum atomic E-state index is -3.64. The van der Waals surface area contributed by atoms with Gasteiger partial charge in [-0.25, -0.2) is 0 Å². The van der Waals surface area contributed by atoms with Gasteiger partial charge in [-0.3, -0.25) is 4.57 Å². The van der Waals surface area contributed by atoms with Crippen LogP contribution in [0.1, 0.15) is 31.4 Å². The summed E-state index contributed by atoms with van der Waals surface area (Å²) in [5.41, 5.74) is 1.77. The van der Waals surface area contributed by atoms with E-state index in [1.165, 1.54) is 0 Å². The Morgan fingerprint density at radius 3 is 1.67 bits per heavy atom. The maximum Gasteiger partial charge on any atom is 0.359 e. The van der Waals surface area contributed by atoms with Gasteiger partial charge in [0.1, 0.15) is 0 Å². The first-order valence-corrected chi connectivity index (χ1v) is 9.75. The molecule has 0 aliphatic heterocycles. The molecule has 0 saturated carbocycles. The van der Waals surface area contributed by atoms with Gasteiger partial charge in [-0.15, -0.1) is 0 Å². The molecule has 0 aromatic heterocycles. The summed E-state index contributed by atoms with van der Waals surface area (Å²) in [4.78, 5) is 0. The Kier molecular flexibility index (Phi) is 7.19. The monoisotopic (exact) mass is 348 g/mol. The van der Waals surface area contributed by atoms with Gasteiger partial charge in [0.2, 0.25) is 0 Å². The van der Waals surface area contributed by atoms with E-state index in [0.717, 1.165) is 11.1 Å². The molecule has 0 aliphatic carbocycles. The van der Waals surface area contributed by atoms with Crippen LogP contribution in [0.25, 0.3) is 0 Å². The Morgan fingerprint density at radius 2 is 1.29 bits per heavy atom. The second kappa shape index (κ2) is 9.14. The zero-order valence-electron chi connectivity index (χ0n) is 14.2. The molecule has 1 atom stereocenters. The van der Waals surface area contributed by atoms with Crippen molar-refractivity contribution in [2.24, 2.45) is 5.92 Å². The molecule has 5 heteroatoms. The Balaban J connectivity index is 2.06. The summed E-state index contributed by atoms with van der Waals surface area (Å²) in [6.07, 6.45) is 0.362. The molecule has 2 aromatic rings. The molecule has 1 unspecified atom stereocenters. The van der Waals surface area contributed by atoms with Gasteiger partial charge in [0.15, 0.2) is 5.85 Å². The molecule has 130 valence electrons. The standard InChI is InChI=1S/C19H25O4P/c1-16(2)13-19(20)24(21,22-14-17-9-5-3-6-10-17)23-15-18-11-7-4-8-12-18/h3-12,16,19-20H,13-15H2,1-2H3. The second-order valence-electron chi connectivity index (χ2n) is 6.17. The average Bonchev–Trinajstić information content (AvgIpc) is 2.59. The van der Waals surface area contributed by atoms with Crippen LogP contribution in [0.15, 0.2) is 60.7 Å². The van der Waals surface area contributed by atoms with Crippen molar-refractivity contribution in [3.63, 3.8) is 0 Å². The molecule has 4 nitrogen and oxygen atoms in total. The van der Waals surface area contributed by atoms with E-state index in [4.69, 9.17) is 9.05 Å². The fraction of sp³-hybridized carbons (Fsp3) is 0.368. The van der Waals surface area contributed by atoms with E-state index in [1.807, 2.05) is 74.5 Å². The number of rotatable bonds is 9. The highest BCUT2D eigenvalue weighted by atomic mass is 31.2. The van der Waals surface area contributed by atoms with Gasteiger partial charge in [0.05, 0.1) is 13.2 Å². The van der Waals surface area contributed by atoms with Crippen LogP contribution in [-0.2, 0) is 26.8 Å². The van der Waals surface area contributed by atoms with Crippen LogP contribution < -0.4 is 0 Å². The molecular weight excluding hydrogens is 323 g/mol. The van der Waals surface area contributed by atoms with Crippen LogP contribution in [0.4, 0.5) is 0 Å². The van der Waals surface area contributed by atoms with Crippen molar-refractivity contribution in [2.75, 3.05) is 0 Å². The lowest BCUT2D eigenvalue weighted by Gasteiger charge is -2.24. The molecular formula is C19H25O4P. The first-order chi connectivity index (χ1) is 11.5. The van der Waals surface area contributed by atoms with Gasteiger partial charge < -0.3 is 14.2 Å². The summed E-state index contributed by atoms with van der Waals surface area (Å²) < 4.78 is 24.3. The minimum absolute atomic E-state index is 0.141. The maximum atomic E-state index is 13.1. The molecule has 0 heterocycles. The van der Waals surface area contributed by atoms with Gasteiger partial charge in [0.25, 0.3) is 0 Å². The highest BCUT2D eigenvalue weighted by Crippen LogP contribution is 2.55. The van der Waals surface area contributed by atoms with E-state index in [1.54, 1.807) is 0 Å². The Labute approximate surface area is 144 Å². The van der Waals surface area contributed by atoms with Gasteiger partial charge in [-0.1, -0.05) is 74.5 Å². The summed E-state index contributed by atoms with van der Waals surface area (Å²) in [7, 11) is -3.64. The number of aliphatic hydroxyl groups is 1. The number of aliphatic hydroxyl groups excluding tert-OH is 1. The average molecular weight is 348 g/mol. The Hall–Kier alpha value is -1.45. The van der Waals surface area contributed by atoms with Crippen LogP contribution in [0.5, 0.6) is 0 Å². The molecule has 0 radical (unpaired) electrons. The smallest absolute Gasteiger partial charge is 0.359 e. The van der Waals surface area contributed by atoms with Gasteiger partial charge in [-0.05, 0) is 23.5 Å². The number of hydrogen-bond donors (Lipinski definition) is 1. The molecule has 0 spiro atoms. The van der Waals surface area contributed by atoms with Gasteiger partial charge in [-0.2, -0.15) is 0 Å². The molecule has 1 N–H and O–H groups in total. The zero-order chi connectivity index (χ0) is 17.4. The van der Waals surface area contributed by atoms with Crippen LogP contribution in [0, 0.1) is 5.92 Å². The zero-order valence-corrected chi connectivity index (χ0v) is 15.1. The second-order valence-corrected chi connectivity index (χ2v) is 8.36. The van der Waals surface area contributed by atoms with Crippen molar-refractivity contribution in [1.82, 2.24) is 0 Å². The molecule has 0 saturated heterocycles. The summed E-state index contributed by atoms with van der Waals surface area (Å²) >= 11 is 0. The summed E-state index contributed by atoms with van der Waals surface area (Å²) in [6.45, 7) is 4.20. The largest absolute Gasteiger partial charge is 0.380 e. The van der Waals surface area contributed by atoms with Crippen molar-refractivity contribution in [3.8, 4) is 0 Å². The van der Waals surface area contributed by atoms with E-state index in [2.05, 4.69) is 0 Å². The van der Waals surface area contributed by atoms with E-state index in [0.29, 0.717) is 6.42 Å². The predicted octanol–water partition coefficient (Wildman–Crippen LogP) is 4.98. The minimum Gasteiger partial charge on any atom is -0.380 e. The quantitative estimate of drug-likeness (QED) is 0.650. The third-order valence-corrected chi connectivity index (χ3v) is 5.47. The lowest BCUT2D eigenvalue weighted by atomic mass is 10.1. The molecule has 0 fully saturated rings. The fourth-order valence-electron chi connectivity index (χ4n) is 2.24. The third kappa shape index (κ3) is 5.88. The topological polar surface area (TPSA) is 55.8 Å². The molecule has 0 aliphatic rings. The van der Waals surface area contributed by atoms with Crippen molar-refractivity contribution >= 4 is 7.60 Å². The molecule has 0 amide bonds. The van der Waals surface area contributed by atoms with Gasteiger partial charge in [0, 0.05) is 0 Å². The fourth-order valence-corrected chi connectivity index (χ4v) is 3.99. The van der Waals surface area contributed by atoms with Crippen molar-refractivity contribution in [3.05, 3.63) is 71.8 Å². The van der Waals surface area contributed by atoms with Crippen molar-refractivity contribution < 1.29 is 18.7 Å². The van der Waals surface area contributed by atoms with E-state index < -0.39 is 13.4 Å². The molecule has 2 rings (SSSR count). The summed E-state index contributed by atoms with van der Waals surface area (Å²) in [5, 5.41) is 10.4. The maximum absolute atomic E-state index is 13.1. The first kappa shape index (κ1) is 18.9. The Morgan fingerprint density at radius 1 is 0.875 bits per heavy atom. The van der Waals surface area contributed by atoms with Crippen LogP contribution in [0.2, 0.25) is 0 Å². The lowest BCUT2D eigenvalue weighted by Crippen LogP contribution is -2.15. The van der Waals surface area contributed by atoms with Gasteiger partial charge >= 0.3 is 7.60 Å². The van der Waals surface area contributed by atoms with E-state index in [9.17, 15) is 9.67 Å². The number of benzene rings is 2. The Bertz CT molecular complexity index is 595. The van der Waals surface area contributed by atoms with Crippen molar-refractivity contribution in [1.29, 1.82) is 0 Å². The lowest BCUT2D eigenvalue weighted by molar-refractivity contribution is 0.122. The van der Waals surface area contributed by atoms with E-state index in [-0.39, 0.29) is 19.1 Å². The van der Waals surface area contributed by atoms with Crippen LogP contribution in [-0.4, -0.2) is 11.0 Å². The first-order valence-electron chi connectivity index (χ1n) is 8.14. The number of hydrogen-bond acceptors (Lipinski definition) is 4. The highest BCUT2D eigenvalue weighted by molar-refractivity contribution is 7.54. The molecule has 24 heavy (non-hydrogen) atoms. The van der Waals surface area contributed by atoms with Crippen molar-refractivity contribution in [2.45, 2.75) is 39.3 Å². The SMILES string of the molecule is CC(C)CC(O)P(=O)(OCc1ccccc1)OCc1ccccc1. The van der Waals surface area contributed by atoms with E-state index >= 15 is 0 Å². The summed E-state index contributed by atoms with van der Waals surface area (Å²) in [5.74, 6) is -0.945. The van der Waals surface area contributed by atoms with Crippen LogP contribution >= 0.6 is 7.60 Å². The highest BCUT2D eigenvalue weighted by Gasteiger charge is 2.35. The van der Waals surface area contributed by atoms with Crippen LogP contribution in [0.3, 0.4) is 0 Å². The summed E-state index contributed by atoms with van der Waals surface area (Å²) in [6, 6.07) is 18.9. The predicted molar refractivity (Wildman–Crippen MR) is 95.5 cm³/mol. The normalized spacial score (nSPS) is 13.2. The molecule has 2 aromatic carbocycles. The third-order valence-electron chi connectivity index (χ3n) is 3.56. The molecule has 0 bridgehead atoms.